The molecule has 0 saturated heterocycles. The first-order valence-corrected chi connectivity index (χ1v) is 10.9. The zero-order valence-electron chi connectivity index (χ0n) is 16.6. The zero-order chi connectivity index (χ0) is 16.7. The van der Waals surface area contributed by atoms with Crippen LogP contribution in [-0.2, 0) is 0 Å². The van der Waals surface area contributed by atoms with Gasteiger partial charge in [0.1, 0.15) is 0 Å². The largest absolute Gasteiger partial charge is 0.200 e. The van der Waals surface area contributed by atoms with Crippen LogP contribution in [0.3, 0.4) is 0 Å². The van der Waals surface area contributed by atoms with Gasteiger partial charge in [-0.3, -0.25) is 0 Å². The van der Waals surface area contributed by atoms with Gasteiger partial charge in [0.25, 0.3) is 0 Å². The smallest absolute Gasteiger partial charge is 0.101 e. The van der Waals surface area contributed by atoms with Gasteiger partial charge in [-0.15, -0.1) is 10.6 Å². The maximum atomic E-state index is 2.48. The molecule has 0 nitrogen and oxygen atoms in total. The molecule has 0 fully saturated rings. The van der Waals surface area contributed by atoms with Crippen LogP contribution in [0.1, 0.15) is 88.0 Å². The van der Waals surface area contributed by atoms with E-state index >= 15 is 0 Å². The molecule has 0 aliphatic rings. The van der Waals surface area contributed by atoms with E-state index in [9.17, 15) is 0 Å². The minimum Gasteiger partial charge on any atom is -0.101 e. The van der Waals surface area contributed by atoms with Crippen LogP contribution < -0.4 is 0 Å². The molecule has 21 heavy (non-hydrogen) atoms. The van der Waals surface area contributed by atoms with Gasteiger partial charge in [-0.05, 0) is 36.0 Å². The number of hydrogen-bond acceptors (Lipinski definition) is 0. The van der Waals surface area contributed by atoms with Crippen LogP contribution in [0, 0.1) is 28.6 Å². The van der Waals surface area contributed by atoms with E-state index in [-0.39, 0.29) is 0 Å². The van der Waals surface area contributed by atoms with Crippen LogP contribution in [0.4, 0.5) is 0 Å². The van der Waals surface area contributed by atoms with Crippen LogP contribution >= 0.6 is 0 Å². The summed E-state index contributed by atoms with van der Waals surface area (Å²) in [6.07, 6.45) is 5.58. The van der Waals surface area contributed by atoms with Crippen molar-refractivity contribution < 1.29 is 0 Å². The summed E-state index contributed by atoms with van der Waals surface area (Å²) in [7, 11) is 0. The molecule has 0 aromatic heterocycles. The van der Waals surface area contributed by atoms with Crippen LogP contribution in [-0.4, -0.2) is 15.2 Å². The van der Waals surface area contributed by atoms with Crippen molar-refractivity contribution in [2.75, 3.05) is 0 Å². The van der Waals surface area contributed by atoms with Crippen molar-refractivity contribution in [3.8, 4) is 0 Å². The molecular weight excluding hydrogens is 267 g/mol. The standard InChI is InChI=1S/C12H25.C8H17.Al/c1-10(2)7-8-12(5,6)9-11(3)4;1-7(2)6-8(3,4)5;/h10-11H,3,7-9H2,1-2,4-6H3;7H,1,6H2,2-5H3;. The zero-order valence-corrected chi connectivity index (χ0v) is 17.7. The molecule has 0 aromatic rings. The van der Waals surface area contributed by atoms with Crippen LogP contribution in [0.2, 0.25) is 10.6 Å². The Hall–Kier alpha value is 0.532. The highest BCUT2D eigenvalue weighted by molar-refractivity contribution is 6.35. The van der Waals surface area contributed by atoms with E-state index in [1.54, 1.807) is 0 Å². The lowest BCUT2D eigenvalue weighted by Crippen LogP contribution is -2.18. The Bertz CT molecular complexity index is 260. The Morgan fingerprint density at radius 2 is 1.24 bits per heavy atom. The molecule has 0 spiro atoms. The fraction of sp³-hybridized carbons (Fsp3) is 1.00. The summed E-state index contributed by atoms with van der Waals surface area (Å²) >= 11 is 0.655. The second kappa shape index (κ2) is 9.62. The average Bonchev–Trinajstić information content (AvgIpc) is 2.23. The lowest BCUT2D eigenvalue weighted by Gasteiger charge is -2.29. The highest BCUT2D eigenvalue weighted by Gasteiger charge is 2.22. The molecule has 0 amide bonds. The quantitative estimate of drug-likeness (QED) is 0.378. The molecular formula is C20H42Al. The van der Waals surface area contributed by atoms with Gasteiger partial charge < -0.3 is 0 Å². The predicted octanol–water partition coefficient (Wildman–Crippen LogP) is 7.09. The normalized spacial score (nSPS) is 16.1. The monoisotopic (exact) mass is 309 g/mol. The highest BCUT2D eigenvalue weighted by atomic mass is 27.1. The molecule has 0 N–H and O–H groups in total. The van der Waals surface area contributed by atoms with Gasteiger partial charge in [0.2, 0.25) is 15.2 Å². The summed E-state index contributed by atoms with van der Waals surface area (Å²) in [5.74, 6) is 2.69. The fourth-order valence-electron chi connectivity index (χ4n) is 3.60. The Kier molecular flexibility index (Phi) is 9.87. The van der Waals surface area contributed by atoms with E-state index < -0.39 is 0 Å². The third kappa shape index (κ3) is 13.9. The van der Waals surface area contributed by atoms with Crippen molar-refractivity contribution in [1.29, 1.82) is 0 Å². The molecule has 0 saturated carbocycles. The first-order valence-electron chi connectivity index (χ1n) is 9.23. The Labute approximate surface area is 142 Å². The van der Waals surface area contributed by atoms with Gasteiger partial charge in [0, 0.05) is 0 Å². The van der Waals surface area contributed by atoms with Crippen LogP contribution in [0.5, 0.6) is 0 Å². The Morgan fingerprint density at radius 3 is 1.67 bits per heavy atom. The van der Waals surface area contributed by atoms with Crippen molar-refractivity contribution in [1.82, 2.24) is 0 Å². The Morgan fingerprint density at radius 1 is 0.762 bits per heavy atom. The van der Waals surface area contributed by atoms with Gasteiger partial charge in [-0.25, -0.2) is 0 Å². The molecule has 0 aliphatic heterocycles. The molecule has 125 valence electrons. The van der Waals surface area contributed by atoms with E-state index in [4.69, 9.17) is 0 Å². The highest BCUT2D eigenvalue weighted by Crippen LogP contribution is 2.33. The molecule has 0 aliphatic carbocycles. The van der Waals surface area contributed by atoms with E-state index in [0.29, 0.717) is 26.0 Å². The molecule has 1 radical (unpaired) electrons. The molecule has 1 heteroatoms. The summed E-state index contributed by atoms with van der Waals surface area (Å²) in [4.78, 5) is 0. The maximum Gasteiger partial charge on any atom is 0.200 e. The van der Waals surface area contributed by atoms with Crippen molar-refractivity contribution in [2.24, 2.45) is 28.6 Å². The summed E-state index contributed by atoms with van der Waals surface area (Å²) < 4.78 is 0. The summed E-state index contributed by atoms with van der Waals surface area (Å²) in [6.45, 7) is 21.7. The molecule has 2 atom stereocenters. The van der Waals surface area contributed by atoms with E-state index in [1.807, 2.05) is 0 Å². The Balaban J connectivity index is 3.91. The molecule has 0 aromatic carbocycles. The first-order chi connectivity index (χ1) is 9.41. The SMILES string of the molecule is CC(C)CCC(C)(C)CC(C)[CH2][Al][CH2]C(C)CC(C)(C)C. The molecule has 0 bridgehead atoms. The maximum absolute atomic E-state index is 2.48. The topological polar surface area (TPSA) is 0 Å². The summed E-state index contributed by atoms with van der Waals surface area (Å²) in [5.41, 5.74) is 1.05. The summed E-state index contributed by atoms with van der Waals surface area (Å²) in [6, 6.07) is 0. The van der Waals surface area contributed by atoms with Gasteiger partial charge in [-0.2, -0.15) is 0 Å². The molecule has 2 unspecified atom stereocenters. The van der Waals surface area contributed by atoms with Gasteiger partial charge in [0.05, 0.1) is 0 Å². The second-order valence-electron chi connectivity index (χ2n) is 10.0. The minimum atomic E-state index is 0.503. The van der Waals surface area contributed by atoms with Gasteiger partial charge >= 0.3 is 0 Å². The third-order valence-corrected chi connectivity index (χ3v) is 6.67. The van der Waals surface area contributed by atoms with Crippen molar-refractivity contribution in [3.05, 3.63) is 0 Å². The van der Waals surface area contributed by atoms with E-state index in [0.717, 1.165) is 17.8 Å². The van der Waals surface area contributed by atoms with Crippen molar-refractivity contribution >= 4 is 15.2 Å². The van der Waals surface area contributed by atoms with Gasteiger partial charge in [0.15, 0.2) is 0 Å². The minimum absolute atomic E-state index is 0.503. The first kappa shape index (κ1) is 21.5. The van der Waals surface area contributed by atoms with E-state index in [2.05, 4.69) is 62.3 Å². The van der Waals surface area contributed by atoms with Crippen LogP contribution in [0.15, 0.2) is 0 Å². The molecule has 0 heterocycles. The van der Waals surface area contributed by atoms with Crippen molar-refractivity contribution in [3.63, 3.8) is 0 Å². The van der Waals surface area contributed by atoms with Crippen LogP contribution in [0.25, 0.3) is 0 Å². The summed E-state index contributed by atoms with van der Waals surface area (Å²) in [5, 5.41) is 2.99. The lowest BCUT2D eigenvalue weighted by atomic mass is 9.79. The average molecular weight is 310 g/mol. The third-order valence-electron chi connectivity index (χ3n) is 4.40. The van der Waals surface area contributed by atoms with Crippen molar-refractivity contribution in [2.45, 2.75) is 98.6 Å². The fourth-order valence-corrected chi connectivity index (χ4v) is 5.27. The predicted molar refractivity (Wildman–Crippen MR) is 100 cm³/mol. The molecule has 0 rings (SSSR count). The number of hydrogen-bond donors (Lipinski definition) is 0. The van der Waals surface area contributed by atoms with Gasteiger partial charge in [-0.1, -0.05) is 80.6 Å². The number of rotatable bonds is 10. The lowest BCUT2D eigenvalue weighted by molar-refractivity contribution is 0.246. The van der Waals surface area contributed by atoms with E-state index in [1.165, 1.54) is 36.2 Å². The second-order valence-corrected chi connectivity index (χ2v) is 11.6.